The Morgan fingerprint density at radius 1 is 1.38 bits per heavy atom. The number of rotatable bonds is 1. The number of fused-ring (bicyclic) bond motifs is 3. The zero-order valence-electron chi connectivity index (χ0n) is 11.7. The Morgan fingerprint density at radius 2 is 2.29 bits per heavy atom. The molecular weight excluding hydrogens is 268 g/mol. The van der Waals surface area contributed by atoms with Crippen LogP contribution in [0.1, 0.15) is 28.9 Å². The van der Waals surface area contributed by atoms with E-state index < -0.39 is 0 Å². The van der Waals surface area contributed by atoms with Crippen molar-refractivity contribution < 1.29 is 9.90 Å². The summed E-state index contributed by atoms with van der Waals surface area (Å²) in [5.74, 6) is 0.839. The Kier molecular flexibility index (Phi) is 2.85. The van der Waals surface area contributed by atoms with E-state index in [-0.39, 0.29) is 12.0 Å². The van der Waals surface area contributed by atoms with Gasteiger partial charge >= 0.3 is 0 Å². The summed E-state index contributed by atoms with van der Waals surface area (Å²) in [6.07, 6.45) is 2.37. The molecule has 2 aliphatic heterocycles. The van der Waals surface area contributed by atoms with Gasteiger partial charge in [0.15, 0.2) is 0 Å². The number of hydrogen-bond donors (Lipinski definition) is 3. The number of carbonyl (C=O) groups is 1. The van der Waals surface area contributed by atoms with Crippen molar-refractivity contribution in [1.82, 2.24) is 15.3 Å². The van der Waals surface area contributed by atoms with Crippen molar-refractivity contribution in [3.05, 3.63) is 23.4 Å². The van der Waals surface area contributed by atoms with E-state index in [1.54, 1.807) is 0 Å². The number of carbonyl (C=O) groups excluding carboxylic acids is 1. The molecule has 1 saturated heterocycles. The molecule has 110 valence electrons. The second-order valence-electron chi connectivity index (χ2n) is 5.79. The summed E-state index contributed by atoms with van der Waals surface area (Å²) in [4.78, 5) is 22.0. The van der Waals surface area contributed by atoms with E-state index in [1.807, 2.05) is 12.1 Å². The number of β-amino-alcohol motifs (C(OH)–C–C–N with tert-alkyl or cyclic N) is 1. The Labute approximate surface area is 122 Å². The van der Waals surface area contributed by atoms with Crippen LogP contribution >= 0.6 is 0 Å². The van der Waals surface area contributed by atoms with Gasteiger partial charge in [-0.25, -0.2) is 4.98 Å². The van der Waals surface area contributed by atoms with E-state index in [9.17, 15) is 9.90 Å². The number of piperidine rings is 1. The lowest BCUT2D eigenvalue weighted by Crippen LogP contribution is -2.38. The number of aliphatic hydroxyl groups excluding tert-OH is 1. The second-order valence-corrected chi connectivity index (χ2v) is 5.79. The molecule has 0 aliphatic carbocycles. The van der Waals surface area contributed by atoms with Crippen LogP contribution in [0.4, 0.5) is 5.82 Å². The predicted molar refractivity (Wildman–Crippen MR) is 79.6 cm³/mol. The van der Waals surface area contributed by atoms with Crippen LogP contribution in [0.3, 0.4) is 0 Å². The highest BCUT2D eigenvalue weighted by molar-refractivity contribution is 6.08. The molecule has 0 spiro atoms. The highest BCUT2D eigenvalue weighted by atomic mass is 16.3. The third kappa shape index (κ3) is 2.06. The van der Waals surface area contributed by atoms with Gasteiger partial charge in [-0.1, -0.05) is 0 Å². The second kappa shape index (κ2) is 4.73. The monoisotopic (exact) mass is 286 g/mol. The molecule has 1 fully saturated rings. The molecule has 3 N–H and O–H groups in total. The smallest absolute Gasteiger partial charge is 0.253 e. The summed E-state index contributed by atoms with van der Waals surface area (Å²) in [7, 11) is 0. The number of H-pyrrole nitrogens is 1. The lowest BCUT2D eigenvalue weighted by Gasteiger charge is -2.30. The van der Waals surface area contributed by atoms with Crippen LogP contribution in [0.15, 0.2) is 12.1 Å². The van der Waals surface area contributed by atoms with Crippen LogP contribution in [0.5, 0.6) is 0 Å². The number of pyridine rings is 1. The van der Waals surface area contributed by atoms with Gasteiger partial charge in [-0.05, 0) is 25.0 Å². The van der Waals surface area contributed by atoms with Crippen LogP contribution in [0, 0.1) is 0 Å². The molecule has 2 aromatic heterocycles. The number of hydrogen-bond acceptors (Lipinski definition) is 4. The molecule has 0 saturated carbocycles. The van der Waals surface area contributed by atoms with Gasteiger partial charge in [-0.3, -0.25) is 4.79 Å². The van der Waals surface area contributed by atoms with Gasteiger partial charge in [-0.15, -0.1) is 0 Å². The molecule has 1 amide bonds. The third-order valence-electron chi connectivity index (χ3n) is 4.33. The number of aromatic nitrogens is 2. The van der Waals surface area contributed by atoms with Crippen LogP contribution < -0.4 is 10.2 Å². The molecule has 6 nitrogen and oxygen atoms in total. The lowest BCUT2D eigenvalue weighted by molar-refractivity contribution is 0.0947. The van der Waals surface area contributed by atoms with Crippen molar-refractivity contribution in [2.45, 2.75) is 25.4 Å². The first-order valence-corrected chi connectivity index (χ1v) is 7.45. The molecule has 21 heavy (non-hydrogen) atoms. The number of nitrogens with one attached hydrogen (secondary N) is 2. The largest absolute Gasteiger partial charge is 0.391 e. The average molecular weight is 286 g/mol. The first-order chi connectivity index (χ1) is 10.2. The molecular formula is C15H18N4O2. The quantitative estimate of drug-likeness (QED) is 0.724. The molecule has 1 atom stereocenters. The normalized spacial score (nSPS) is 22.2. The molecule has 2 aromatic rings. The summed E-state index contributed by atoms with van der Waals surface area (Å²) >= 11 is 0. The minimum Gasteiger partial charge on any atom is -0.391 e. The molecule has 0 bridgehead atoms. The standard InChI is InChI=1S/C15H18N4O2/c20-9-2-1-7-19(8-9)12-4-3-10-13-11(17-14(10)18-12)5-6-16-15(13)21/h3-4,9,20H,1-2,5-8H2,(H,16,21)(H,17,18)/t9-/m0/s1. The van der Waals surface area contributed by atoms with Gasteiger partial charge in [0.25, 0.3) is 5.91 Å². The Bertz CT molecular complexity index is 709. The Hall–Kier alpha value is -2.08. The number of aliphatic hydroxyl groups is 1. The fraction of sp³-hybridized carbons (Fsp3) is 0.467. The van der Waals surface area contributed by atoms with Crippen molar-refractivity contribution in [2.75, 3.05) is 24.5 Å². The van der Waals surface area contributed by atoms with Gasteiger partial charge in [-0.2, -0.15) is 0 Å². The van der Waals surface area contributed by atoms with E-state index in [0.717, 1.165) is 53.9 Å². The Balaban J connectivity index is 1.75. The van der Waals surface area contributed by atoms with Crippen LogP contribution in [0.2, 0.25) is 0 Å². The fourth-order valence-electron chi connectivity index (χ4n) is 3.29. The summed E-state index contributed by atoms with van der Waals surface area (Å²) < 4.78 is 0. The maximum absolute atomic E-state index is 12.0. The summed E-state index contributed by atoms with van der Waals surface area (Å²) in [5.41, 5.74) is 2.46. The summed E-state index contributed by atoms with van der Waals surface area (Å²) in [6.45, 7) is 2.21. The molecule has 4 rings (SSSR count). The first-order valence-electron chi connectivity index (χ1n) is 7.45. The van der Waals surface area contributed by atoms with Crippen molar-refractivity contribution in [2.24, 2.45) is 0 Å². The minimum absolute atomic E-state index is 0.0227. The van der Waals surface area contributed by atoms with Crippen molar-refractivity contribution in [3.8, 4) is 0 Å². The zero-order valence-corrected chi connectivity index (χ0v) is 11.7. The molecule has 0 unspecified atom stereocenters. The van der Waals surface area contributed by atoms with E-state index in [0.29, 0.717) is 13.1 Å². The van der Waals surface area contributed by atoms with Crippen LogP contribution in [-0.2, 0) is 6.42 Å². The average Bonchev–Trinajstić information content (AvgIpc) is 2.86. The topological polar surface area (TPSA) is 81.2 Å². The zero-order chi connectivity index (χ0) is 14.4. The van der Waals surface area contributed by atoms with Crippen molar-refractivity contribution >= 4 is 22.8 Å². The van der Waals surface area contributed by atoms with E-state index in [2.05, 4.69) is 20.2 Å². The first kappa shape index (κ1) is 12.6. The predicted octanol–water partition coefficient (Wildman–Crippen LogP) is 0.810. The molecule has 4 heterocycles. The van der Waals surface area contributed by atoms with Crippen molar-refractivity contribution in [1.29, 1.82) is 0 Å². The number of aromatic amines is 1. The maximum Gasteiger partial charge on any atom is 0.253 e. The van der Waals surface area contributed by atoms with E-state index in [4.69, 9.17) is 0 Å². The molecule has 2 aliphatic rings. The van der Waals surface area contributed by atoms with Crippen LogP contribution in [0.25, 0.3) is 11.0 Å². The number of amides is 1. The number of nitrogens with zero attached hydrogens (tertiary/aromatic N) is 2. The summed E-state index contributed by atoms with van der Waals surface area (Å²) in [5, 5.41) is 13.5. The molecule has 0 aromatic carbocycles. The van der Waals surface area contributed by atoms with E-state index in [1.165, 1.54) is 0 Å². The van der Waals surface area contributed by atoms with Gasteiger partial charge in [0.2, 0.25) is 0 Å². The fourth-order valence-corrected chi connectivity index (χ4v) is 3.29. The third-order valence-corrected chi connectivity index (χ3v) is 4.33. The van der Waals surface area contributed by atoms with Crippen molar-refractivity contribution in [3.63, 3.8) is 0 Å². The van der Waals surface area contributed by atoms with E-state index >= 15 is 0 Å². The maximum atomic E-state index is 12.0. The van der Waals surface area contributed by atoms with Gasteiger partial charge in [0.1, 0.15) is 11.5 Å². The number of anilines is 1. The SMILES string of the molecule is O=C1NCCc2[nH]c3nc(N4CCC[C@H](O)C4)ccc3c21. The van der Waals surface area contributed by atoms with Gasteiger partial charge in [0, 0.05) is 37.1 Å². The highest BCUT2D eigenvalue weighted by Crippen LogP contribution is 2.27. The lowest BCUT2D eigenvalue weighted by atomic mass is 10.1. The van der Waals surface area contributed by atoms with Gasteiger partial charge < -0.3 is 20.3 Å². The van der Waals surface area contributed by atoms with Gasteiger partial charge in [0.05, 0.1) is 11.7 Å². The van der Waals surface area contributed by atoms with Crippen LogP contribution in [-0.4, -0.2) is 46.7 Å². The minimum atomic E-state index is -0.279. The highest BCUT2D eigenvalue weighted by Gasteiger charge is 2.24. The molecule has 6 heteroatoms. The Morgan fingerprint density at radius 3 is 3.14 bits per heavy atom. The summed E-state index contributed by atoms with van der Waals surface area (Å²) in [6, 6.07) is 3.90. The molecule has 0 radical (unpaired) electrons.